The number of carbonyl (C=O) groups is 1. The van der Waals surface area contributed by atoms with Gasteiger partial charge >= 0.3 is 0 Å². The normalized spacial score (nSPS) is 15.3. The van der Waals surface area contributed by atoms with E-state index in [0.717, 1.165) is 5.56 Å². The number of ether oxygens (including phenoxy) is 2. The molecule has 0 unspecified atom stereocenters. The summed E-state index contributed by atoms with van der Waals surface area (Å²) in [5.41, 5.74) is 0.985. The van der Waals surface area contributed by atoms with Crippen LogP contribution in [0.3, 0.4) is 0 Å². The Bertz CT molecular complexity index is 897. The largest absolute Gasteiger partial charge is 0.493 e. The van der Waals surface area contributed by atoms with Crippen LogP contribution < -0.4 is 14.8 Å². The molecule has 1 fully saturated rings. The van der Waals surface area contributed by atoms with Crippen molar-refractivity contribution in [1.29, 1.82) is 0 Å². The van der Waals surface area contributed by atoms with Gasteiger partial charge in [-0.3, -0.25) is 4.79 Å². The van der Waals surface area contributed by atoms with Crippen molar-refractivity contribution in [3.8, 4) is 11.5 Å². The van der Waals surface area contributed by atoms with Gasteiger partial charge in [-0.25, -0.2) is 4.39 Å². The number of benzene rings is 2. The van der Waals surface area contributed by atoms with Crippen molar-refractivity contribution in [2.24, 2.45) is 0 Å². The van der Waals surface area contributed by atoms with Crippen molar-refractivity contribution >= 4 is 51.9 Å². The molecule has 26 heavy (non-hydrogen) atoms. The molecule has 1 aliphatic heterocycles. The molecule has 1 N–H and O–H groups in total. The minimum atomic E-state index is -0.442. The standard InChI is InChI=1S/C18H13ClFNO3S2/c1-23-14-6-5-10(8-16-17(22)21-18(25)26-16)7-15(14)24-9-11-12(19)3-2-4-13(11)20/h2-8H,9H2,1H3,(H,21,22,25)/b16-8+. The average molecular weight is 410 g/mol. The molecule has 0 atom stereocenters. The fourth-order valence-corrected chi connectivity index (χ4v) is 3.55. The number of carbonyl (C=O) groups excluding carboxylic acids is 1. The highest BCUT2D eigenvalue weighted by atomic mass is 35.5. The van der Waals surface area contributed by atoms with E-state index in [9.17, 15) is 9.18 Å². The highest BCUT2D eigenvalue weighted by Crippen LogP contribution is 2.32. The summed E-state index contributed by atoms with van der Waals surface area (Å²) in [6.45, 7) is -0.0544. The van der Waals surface area contributed by atoms with Gasteiger partial charge in [-0.2, -0.15) is 0 Å². The first-order valence-electron chi connectivity index (χ1n) is 7.46. The average Bonchev–Trinajstić information content (AvgIpc) is 2.92. The lowest BCUT2D eigenvalue weighted by molar-refractivity contribution is -0.115. The quantitative estimate of drug-likeness (QED) is 0.579. The van der Waals surface area contributed by atoms with E-state index in [1.807, 2.05) is 0 Å². The van der Waals surface area contributed by atoms with Gasteiger partial charge in [0.2, 0.25) is 0 Å². The number of rotatable bonds is 5. The summed E-state index contributed by atoms with van der Waals surface area (Å²) in [6.07, 6.45) is 1.70. The van der Waals surface area contributed by atoms with Crippen LogP contribution in [0.1, 0.15) is 11.1 Å². The second kappa shape index (κ2) is 8.07. The lowest BCUT2D eigenvalue weighted by atomic mass is 10.1. The number of amides is 1. The predicted molar refractivity (Wildman–Crippen MR) is 105 cm³/mol. The van der Waals surface area contributed by atoms with E-state index in [-0.39, 0.29) is 23.1 Å². The van der Waals surface area contributed by atoms with E-state index in [2.05, 4.69) is 5.32 Å². The zero-order valence-corrected chi connectivity index (χ0v) is 15.9. The first-order valence-corrected chi connectivity index (χ1v) is 9.07. The highest BCUT2D eigenvalue weighted by molar-refractivity contribution is 8.26. The molecule has 0 spiro atoms. The van der Waals surface area contributed by atoms with Crippen LogP contribution in [0.2, 0.25) is 5.02 Å². The molecule has 0 aliphatic carbocycles. The maximum atomic E-state index is 13.9. The molecule has 1 heterocycles. The van der Waals surface area contributed by atoms with Crippen LogP contribution in [0.4, 0.5) is 4.39 Å². The van der Waals surface area contributed by atoms with Crippen molar-refractivity contribution in [2.75, 3.05) is 7.11 Å². The van der Waals surface area contributed by atoms with Gasteiger partial charge in [0.25, 0.3) is 5.91 Å². The Morgan fingerprint density at radius 2 is 2.12 bits per heavy atom. The third-order valence-corrected chi connectivity index (χ3v) is 5.08. The molecule has 2 aromatic rings. The third-order valence-electron chi connectivity index (χ3n) is 3.56. The Morgan fingerprint density at radius 3 is 2.77 bits per heavy atom. The fraction of sp³-hybridized carbons (Fsp3) is 0.111. The van der Waals surface area contributed by atoms with Gasteiger partial charge in [-0.15, -0.1) is 0 Å². The molecule has 8 heteroatoms. The van der Waals surface area contributed by atoms with Crippen molar-refractivity contribution in [2.45, 2.75) is 6.61 Å². The minimum absolute atomic E-state index is 0.0544. The number of thiocarbonyl (C=S) groups is 1. The summed E-state index contributed by atoms with van der Waals surface area (Å²) in [6, 6.07) is 9.64. The molecule has 134 valence electrons. The minimum Gasteiger partial charge on any atom is -0.493 e. The molecule has 4 nitrogen and oxygen atoms in total. The SMILES string of the molecule is COc1ccc(/C=C2/SC(=S)NC2=O)cc1OCc1c(F)cccc1Cl. The fourth-order valence-electron chi connectivity index (χ4n) is 2.29. The van der Waals surface area contributed by atoms with Crippen molar-refractivity contribution in [3.05, 3.63) is 63.3 Å². The molecule has 2 aromatic carbocycles. The lowest BCUT2D eigenvalue weighted by Gasteiger charge is -2.13. The van der Waals surface area contributed by atoms with E-state index in [4.69, 9.17) is 33.3 Å². The van der Waals surface area contributed by atoms with Crippen LogP contribution in [0.15, 0.2) is 41.3 Å². The first-order chi connectivity index (χ1) is 12.5. The second-order valence-electron chi connectivity index (χ2n) is 5.25. The van der Waals surface area contributed by atoms with Gasteiger partial charge in [0, 0.05) is 5.56 Å². The summed E-state index contributed by atoms with van der Waals surface area (Å²) in [4.78, 5) is 12.3. The zero-order valence-electron chi connectivity index (χ0n) is 13.5. The van der Waals surface area contributed by atoms with Gasteiger partial charge in [0.05, 0.1) is 17.0 Å². The molecular formula is C18H13ClFNO3S2. The summed E-state index contributed by atoms with van der Waals surface area (Å²) in [5, 5.41) is 2.85. The number of halogens is 2. The Kier molecular flexibility index (Phi) is 5.80. The van der Waals surface area contributed by atoms with E-state index in [1.165, 1.54) is 31.0 Å². The summed E-state index contributed by atoms with van der Waals surface area (Å²) in [7, 11) is 1.51. The van der Waals surface area contributed by atoms with Crippen LogP contribution in [0, 0.1) is 5.82 Å². The maximum Gasteiger partial charge on any atom is 0.263 e. The van der Waals surface area contributed by atoms with E-state index >= 15 is 0 Å². The molecule has 3 rings (SSSR count). The Hall–Kier alpha value is -2.09. The monoisotopic (exact) mass is 409 g/mol. The van der Waals surface area contributed by atoms with Crippen LogP contribution in [-0.4, -0.2) is 17.3 Å². The first kappa shape index (κ1) is 18.7. The molecule has 1 saturated heterocycles. The summed E-state index contributed by atoms with van der Waals surface area (Å²) >= 11 is 12.2. The molecule has 1 aliphatic rings. The van der Waals surface area contributed by atoms with Crippen LogP contribution >= 0.6 is 35.6 Å². The highest BCUT2D eigenvalue weighted by Gasteiger charge is 2.22. The number of hydrogen-bond donors (Lipinski definition) is 1. The number of methoxy groups -OCH3 is 1. The molecular weight excluding hydrogens is 397 g/mol. The van der Waals surface area contributed by atoms with E-state index in [1.54, 1.807) is 30.3 Å². The molecule has 0 radical (unpaired) electrons. The zero-order chi connectivity index (χ0) is 18.7. The molecule has 1 amide bonds. The third kappa shape index (κ3) is 4.17. The smallest absolute Gasteiger partial charge is 0.263 e. The van der Waals surface area contributed by atoms with Crippen LogP contribution in [0.5, 0.6) is 11.5 Å². The molecule has 0 saturated carbocycles. The number of thioether (sulfide) groups is 1. The lowest BCUT2D eigenvalue weighted by Crippen LogP contribution is -2.17. The van der Waals surface area contributed by atoms with Gasteiger partial charge in [0.1, 0.15) is 16.7 Å². The summed E-state index contributed by atoms with van der Waals surface area (Å²) in [5.74, 6) is 0.213. The maximum absolute atomic E-state index is 13.9. The summed E-state index contributed by atoms with van der Waals surface area (Å²) < 4.78 is 25.3. The molecule has 0 aromatic heterocycles. The van der Waals surface area contributed by atoms with E-state index in [0.29, 0.717) is 20.7 Å². The topological polar surface area (TPSA) is 47.6 Å². The molecule has 0 bridgehead atoms. The van der Waals surface area contributed by atoms with Crippen molar-refractivity contribution < 1.29 is 18.7 Å². The Morgan fingerprint density at radius 1 is 1.31 bits per heavy atom. The van der Waals surface area contributed by atoms with Gasteiger partial charge in [-0.1, -0.05) is 47.7 Å². The Labute approximate surface area is 164 Å². The Balaban J connectivity index is 1.85. The van der Waals surface area contributed by atoms with Gasteiger partial charge < -0.3 is 14.8 Å². The number of nitrogens with one attached hydrogen (secondary N) is 1. The van der Waals surface area contributed by atoms with E-state index < -0.39 is 5.82 Å². The number of hydrogen-bond acceptors (Lipinski definition) is 5. The van der Waals surface area contributed by atoms with Gasteiger partial charge in [-0.05, 0) is 35.9 Å². The van der Waals surface area contributed by atoms with Crippen LogP contribution in [-0.2, 0) is 11.4 Å². The van der Waals surface area contributed by atoms with Crippen molar-refractivity contribution in [3.63, 3.8) is 0 Å². The van der Waals surface area contributed by atoms with Crippen LogP contribution in [0.25, 0.3) is 6.08 Å². The predicted octanol–water partition coefficient (Wildman–Crippen LogP) is 4.56. The van der Waals surface area contributed by atoms with Gasteiger partial charge in [0.15, 0.2) is 11.5 Å². The second-order valence-corrected chi connectivity index (χ2v) is 7.38. The van der Waals surface area contributed by atoms with Crippen molar-refractivity contribution in [1.82, 2.24) is 5.32 Å².